The van der Waals surface area contributed by atoms with Gasteiger partial charge in [0, 0.05) is 37.5 Å². The molecule has 0 atom stereocenters. The summed E-state index contributed by atoms with van der Waals surface area (Å²) in [6.07, 6.45) is 2.12. The number of ether oxygens (including phenoxy) is 1. The van der Waals surface area contributed by atoms with Crippen LogP contribution in [0.1, 0.15) is 16.8 Å². The van der Waals surface area contributed by atoms with Crippen molar-refractivity contribution in [3.8, 4) is 0 Å². The fraction of sp³-hybridized carbons (Fsp3) is 0.455. The van der Waals surface area contributed by atoms with Crippen LogP contribution in [0.25, 0.3) is 0 Å². The van der Waals surface area contributed by atoms with Gasteiger partial charge >= 0.3 is 0 Å². The summed E-state index contributed by atoms with van der Waals surface area (Å²) in [6.45, 7) is 2.43. The molecule has 86 valence electrons. The normalized spacial score (nSPS) is 16.9. The summed E-state index contributed by atoms with van der Waals surface area (Å²) in [5, 5.41) is 0. The van der Waals surface area contributed by atoms with E-state index < -0.39 is 5.95 Å². The molecule has 0 spiro atoms. The first kappa shape index (κ1) is 11.0. The van der Waals surface area contributed by atoms with Gasteiger partial charge in [-0.2, -0.15) is 4.39 Å². The zero-order chi connectivity index (χ0) is 11.4. The topological polar surface area (TPSA) is 42.4 Å². The number of rotatable bonds is 1. The molecule has 0 aliphatic carbocycles. The molecule has 1 aromatic rings. The van der Waals surface area contributed by atoms with Crippen LogP contribution in [0.3, 0.4) is 0 Å². The fourth-order valence-corrected chi connectivity index (χ4v) is 1.67. The largest absolute Gasteiger partial charge is 0.380 e. The van der Waals surface area contributed by atoms with E-state index in [0.29, 0.717) is 31.9 Å². The molecule has 0 saturated carbocycles. The van der Waals surface area contributed by atoms with Gasteiger partial charge in [-0.3, -0.25) is 4.79 Å². The number of aromatic nitrogens is 1. The molecule has 1 fully saturated rings. The molecule has 0 unspecified atom stereocenters. The van der Waals surface area contributed by atoms with Crippen LogP contribution in [0.2, 0.25) is 0 Å². The Balaban J connectivity index is 2.11. The van der Waals surface area contributed by atoms with Crippen molar-refractivity contribution >= 4 is 5.91 Å². The highest BCUT2D eigenvalue weighted by Gasteiger charge is 2.17. The molecular formula is C11H13FN2O2. The summed E-state index contributed by atoms with van der Waals surface area (Å²) in [5.74, 6) is -0.788. The van der Waals surface area contributed by atoms with Gasteiger partial charge < -0.3 is 9.64 Å². The van der Waals surface area contributed by atoms with Gasteiger partial charge in [0.05, 0.1) is 6.61 Å². The van der Waals surface area contributed by atoms with E-state index in [0.717, 1.165) is 12.5 Å². The highest BCUT2D eigenvalue weighted by atomic mass is 19.1. The lowest BCUT2D eigenvalue weighted by Crippen LogP contribution is -2.33. The number of carbonyl (C=O) groups excluding carboxylic acids is 1. The SMILES string of the molecule is O=C(c1ccnc(F)c1)N1CCCOCC1. The van der Waals surface area contributed by atoms with Crippen molar-refractivity contribution in [2.24, 2.45) is 0 Å². The third-order valence-electron chi connectivity index (χ3n) is 2.48. The van der Waals surface area contributed by atoms with Crippen molar-refractivity contribution in [2.75, 3.05) is 26.3 Å². The number of hydrogen-bond acceptors (Lipinski definition) is 3. The van der Waals surface area contributed by atoms with E-state index in [1.807, 2.05) is 0 Å². The second-order valence-electron chi connectivity index (χ2n) is 3.63. The van der Waals surface area contributed by atoms with E-state index in [-0.39, 0.29) is 5.91 Å². The molecule has 4 nitrogen and oxygen atoms in total. The maximum Gasteiger partial charge on any atom is 0.254 e. The summed E-state index contributed by atoms with van der Waals surface area (Å²) >= 11 is 0. The molecule has 0 aromatic carbocycles. The van der Waals surface area contributed by atoms with Crippen molar-refractivity contribution < 1.29 is 13.9 Å². The molecule has 2 heterocycles. The lowest BCUT2D eigenvalue weighted by molar-refractivity contribution is 0.0740. The van der Waals surface area contributed by atoms with Gasteiger partial charge in [-0.05, 0) is 12.5 Å². The van der Waals surface area contributed by atoms with Gasteiger partial charge in [-0.25, -0.2) is 4.98 Å². The van der Waals surface area contributed by atoms with Gasteiger partial charge in [0.1, 0.15) is 0 Å². The number of nitrogens with zero attached hydrogens (tertiary/aromatic N) is 2. The minimum atomic E-state index is -0.628. The Morgan fingerprint density at radius 2 is 2.31 bits per heavy atom. The predicted molar refractivity (Wildman–Crippen MR) is 55.5 cm³/mol. The van der Waals surface area contributed by atoms with Crippen molar-refractivity contribution in [3.63, 3.8) is 0 Å². The molecule has 2 rings (SSSR count). The fourth-order valence-electron chi connectivity index (χ4n) is 1.67. The van der Waals surface area contributed by atoms with Crippen molar-refractivity contribution in [1.29, 1.82) is 0 Å². The summed E-state index contributed by atoms with van der Waals surface area (Å²) < 4.78 is 18.1. The second kappa shape index (κ2) is 5.03. The first-order chi connectivity index (χ1) is 7.77. The van der Waals surface area contributed by atoms with E-state index in [2.05, 4.69) is 4.98 Å². The number of amides is 1. The Bertz CT molecular complexity index is 376. The Hall–Kier alpha value is -1.49. The molecule has 5 heteroatoms. The van der Waals surface area contributed by atoms with E-state index >= 15 is 0 Å². The quantitative estimate of drug-likeness (QED) is 0.670. The molecule has 1 amide bonds. The Morgan fingerprint density at radius 3 is 3.12 bits per heavy atom. The zero-order valence-electron chi connectivity index (χ0n) is 8.86. The average Bonchev–Trinajstić information content (AvgIpc) is 2.56. The minimum Gasteiger partial charge on any atom is -0.380 e. The second-order valence-corrected chi connectivity index (χ2v) is 3.63. The van der Waals surface area contributed by atoms with Crippen LogP contribution in [0.4, 0.5) is 4.39 Å². The Kier molecular flexibility index (Phi) is 3.46. The monoisotopic (exact) mass is 224 g/mol. The molecule has 0 radical (unpaired) electrons. The third-order valence-corrected chi connectivity index (χ3v) is 2.48. The maximum absolute atomic E-state index is 12.9. The Labute approximate surface area is 93.0 Å². The van der Waals surface area contributed by atoms with Gasteiger partial charge in [-0.1, -0.05) is 0 Å². The van der Waals surface area contributed by atoms with Crippen molar-refractivity contribution in [1.82, 2.24) is 9.88 Å². The number of halogens is 1. The molecule has 0 bridgehead atoms. The zero-order valence-corrected chi connectivity index (χ0v) is 8.86. The summed E-state index contributed by atoms with van der Waals surface area (Å²) in [4.78, 5) is 17.1. The molecule has 1 saturated heterocycles. The van der Waals surface area contributed by atoms with E-state index in [1.165, 1.54) is 12.3 Å². The molecule has 1 aromatic heterocycles. The number of pyridine rings is 1. The summed E-state index contributed by atoms with van der Waals surface area (Å²) in [6, 6.07) is 2.69. The van der Waals surface area contributed by atoms with Crippen LogP contribution in [0.15, 0.2) is 18.3 Å². The molecule has 1 aliphatic heterocycles. The van der Waals surface area contributed by atoms with E-state index in [1.54, 1.807) is 4.90 Å². The smallest absolute Gasteiger partial charge is 0.254 e. The lowest BCUT2D eigenvalue weighted by Gasteiger charge is -2.19. The van der Waals surface area contributed by atoms with Crippen LogP contribution in [0.5, 0.6) is 0 Å². The van der Waals surface area contributed by atoms with Gasteiger partial charge in [0.2, 0.25) is 5.95 Å². The lowest BCUT2D eigenvalue weighted by atomic mass is 10.2. The van der Waals surface area contributed by atoms with Crippen LogP contribution < -0.4 is 0 Å². The summed E-state index contributed by atoms with van der Waals surface area (Å²) in [5.41, 5.74) is 0.342. The van der Waals surface area contributed by atoms with E-state index in [9.17, 15) is 9.18 Å². The van der Waals surface area contributed by atoms with Gasteiger partial charge in [0.15, 0.2) is 0 Å². The Morgan fingerprint density at radius 1 is 1.44 bits per heavy atom. The molecule has 1 aliphatic rings. The highest BCUT2D eigenvalue weighted by Crippen LogP contribution is 2.08. The molecule has 16 heavy (non-hydrogen) atoms. The third kappa shape index (κ3) is 2.55. The summed E-state index contributed by atoms with van der Waals surface area (Å²) in [7, 11) is 0. The predicted octanol–water partition coefficient (Wildman–Crippen LogP) is 1.08. The first-order valence-electron chi connectivity index (χ1n) is 5.26. The van der Waals surface area contributed by atoms with Gasteiger partial charge in [-0.15, -0.1) is 0 Å². The van der Waals surface area contributed by atoms with Crippen LogP contribution in [-0.4, -0.2) is 42.1 Å². The van der Waals surface area contributed by atoms with E-state index in [4.69, 9.17) is 4.74 Å². The molecule has 0 N–H and O–H groups in total. The number of carbonyl (C=O) groups is 1. The van der Waals surface area contributed by atoms with Gasteiger partial charge in [0.25, 0.3) is 5.91 Å². The molecular weight excluding hydrogens is 211 g/mol. The van der Waals surface area contributed by atoms with Crippen LogP contribution >= 0.6 is 0 Å². The van der Waals surface area contributed by atoms with Crippen molar-refractivity contribution in [3.05, 3.63) is 29.8 Å². The number of hydrogen-bond donors (Lipinski definition) is 0. The van der Waals surface area contributed by atoms with Crippen LogP contribution in [-0.2, 0) is 4.74 Å². The highest BCUT2D eigenvalue weighted by molar-refractivity contribution is 5.94. The van der Waals surface area contributed by atoms with Crippen LogP contribution in [0, 0.1) is 5.95 Å². The average molecular weight is 224 g/mol. The van der Waals surface area contributed by atoms with Crippen molar-refractivity contribution in [2.45, 2.75) is 6.42 Å². The first-order valence-corrected chi connectivity index (χ1v) is 5.26. The maximum atomic E-state index is 12.9. The minimum absolute atomic E-state index is 0.160. The standard InChI is InChI=1S/C11H13FN2O2/c12-10-8-9(2-3-13-10)11(15)14-4-1-6-16-7-5-14/h2-3,8H,1,4-7H2.